The zero-order valence-corrected chi connectivity index (χ0v) is 14.7. The molecule has 27 heavy (non-hydrogen) atoms. The third kappa shape index (κ3) is 3.72. The van der Waals surface area contributed by atoms with E-state index in [-0.39, 0.29) is 11.3 Å². The molecule has 0 bridgehead atoms. The zero-order chi connectivity index (χ0) is 18.6. The van der Waals surface area contributed by atoms with Crippen LogP contribution in [0.25, 0.3) is 5.69 Å². The number of carbonyl (C=O) groups is 1. The molecule has 0 saturated carbocycles. The minimum Gasteiger partial charge on any atom is -0.357 e. The van der Waals surface area contributed by atoms with Gasteiger partial charge < -0.3 is 10.2 Å². The van der Waals surface area contributed by atoms with Crippen molar-refractivity contribution in [3.05, 3.63) is 76.8 Å². The van der Waals surface area contributed by atoms with E-state index in [1.807, 2.05) is 30.3 Å². The van der Waals surface area contributed by atoms with E-state index in [4.69, 9.17) is 0 Å². The van der Waals surface area contributed by atoms with Crippen LogP contribution in [-0.4, -0.2) is 33.8 Å². The average Bonchev–Trinajstić information content (AvgIpc) is 3.24. The minimum atomic E-state index is -0.393. The molecule has 1 aromatic carbocycles. The average molecular weight is 361 g/mol. The number of hydrogen-bond acceptors (Lipinski definition) is 5. The number of anilines is 2. The Morgan fingerprint density at radius 2 is 1.74 bits per heavy atom. The van der Waals surface area contributed by atoms with Crippen LogP contribution >= 0.6 is 0 Å². The molecule has 136 valence electrons. The van der Waals surface area contributed by atoms with Gasteiger partial charge in [-0.15, -0.1) is 0 Å². The number of benzene rings is 1. The van der Waals surface area contributed by atoms with Crippen molar-refractivity contribution in [1.29, 1.82) is 0 Å². The summed E-state index contributed by atoms with van der Waals surface area (Å²) in [5, 5.41) is 6.96. The largest absolute Gasteiger partial charge is 0.357 e. The number of amides is 1. The number of rotatable bonds is 4. The van der Waals surface area contributed by atoms with Crippen LogP contribution in [0, 0.1) is 0 Å². The summed E-state index contributed by atoms with van der Waals surface area (Å²) in [5.41, 5.74) is 1.05. The topological polar surface area (TPSA) is 80.1 Å². The summed E-state index contributed by atoms with van der Waals surface area (Å²) < 4.78 is 1.21. The van der Waals surface area contributed by atoms with Gasteiger partial charge in [0.25, 0.3) is 11.5 Å². The highest BCUT2D eigenvalue weighted by molar-refractivity contribution is 6.02. The van der Waals surface area contributed by atoms with Crippen molar-refractivity contribution >= 4 is 17.4 Å². The number of para-hydroxylation sites is 1. The molecule has 0 atom stereocenters. The second-order valence-corrected chi connectivity index (χ2v) is 6.36. The highest BCUT2D eigenvalue weighted by atomic mass is 16.2. The van der Waals surface area contributed by atoms with Crippen LogP contribution in [0.15, 0.2) is 65.6 Å². The van der Waals surface area contributed by atoms with E-state index in [0.717, 1.165) is 18.9 Å². The molecular formula is C20H19N5O2. The van der Waals surface area contributed by atoms with Crippen LogP contribution in [-0.2, 0) is 0 Å². The molecule has 1 aliphatic rings. The molecule has 7 heteroatoms. The number of carbonyl (C=O) groups excluding carboxylic acids is 1. The fraction of sp³-hybridized carbons (Fsp3) is 0.200. The van der Waals surface area contributed by atoms with E-state index in [1.165, 1.54) is 29.7 Å². The fourth-order valence-electron chi connectivity index (χ4n) is 3.07. The van der Waals surface area contributed by atoms with Gasteiger partial charge in [-0.2, -0.15) is 9.78 Å². The molecule has 1 saturated heterocycles. The molecule has 1 amide bonds. The Morgan fingerprint density at radius 1 is 0.963 bits per heavy atom. The molecule has 7 nitrogen and oxygen atoms in total. The first-order valence-electron chi connectivity index (χ1n) is 8.89. The van der Waals surface area contributed by atoms with Gasteiger partial charge in [0, 0.05) is 19.2 Å². The van der Waals surface area contributed by atoms with Gasteiger partial charge >= 0.3 is 0 Å². The maximum Gasteiger partial charge on any atom is 0.276 e. The zero-order valence-electron chi connectivity index (χ0n) is 14.7. The molecule has 1 N–H and O–H groups in total. The SMILES string of the molecule is O=C(Nc1ccc(N2CCCC2)nc1)c1ccc(=O)n(-c2ccccc2)n1. The third-order valence-corrected chi connectivity index (χ3v) is 4.47. The molecule has 0 aliphatic carbocycles. The van der Waals surface area contributed by atoms with E-state index in [0.29, 0.717) is 11.4 Å². The first-order chi connectivity index (χ1) is 13.2. The Labute approximate surface area is 156 Å². The minimum absolute atomic E-state index is 0.155. The van der Waals surface area contributed by atoms with E-state index < -0.39 is 5.91 Å². The summed E-state index contributed by atoms with van der Waals surface area (Å²) in [6.07, 6.45) is 4.00. The Hall–Kier alpha value is -3.48. The van der Waals surface area contributed by atoms with Gasteiger partial charge in [0.1, 0.15) is 11.5 Å². The molecule has 2 aromatic heterocycles. The summed E-state index contributed by atoms with van der Waals surface area (Å²) in [4.78, 5) is 31.2. The fourth-order valence-corrected chi connectivity index (χ4v) is 3.07. The highest BCUT2D eigenvalue weighted by Gasteiger charge is 2.14. The van der Waals surface area contributed by atoms with E-state index in [9.17, 15) is 9.59 Å². The summed E-state index contributed by atoms with van der Waals surface area (Å²) in [6.45, 7) is 2.04. The standard InChI is InChI=1S/C20H19N5O2/c26-19-11-9-17(23-25(19)16-6-2-1-3-7-16)20(27)22-15-8-10-18(21-14-15)24-12-4-5-13-24/h1-3,6-11,14H,4-5,12-13H2,(H,22,27). The summed E-state index contributed by atoms with van der Waals surface area (Å²) in [7, 11) is 0. The number of hydrogen-bond donors (Lipinski definition) is 1. The van der Waals surface area contributed by atoms with Gasteiger partial charge in [-0.25, -0.2) is 4.98 Å². The normalized spacial score (nSPS) is 13.6. The quantitative estimate of drug-likeness (QED) is 0.772. The van der Waals surface area contributed by atoms with Gasteiger partial charge in [0.05, 0.1) is 17.6 Å². The maximum absolute atomic E-state index is 12.5. The first-order valence-corrected chi connectivity index (χ1v) is 8.89. The van der Waals surface area contributed by atoms with Crippen molar-refractivity contribution in [2.24, 2.45) is 0 Å². The van der Waals surface area contributed by atoms with E-state index in [1.54, 1.807) is 18.3 Å². The number of nitrogens with zero attached hydrogens (tertiary/aromatic N) is 4. The van der Waals surface area contributed by atoms with Crippen LogP contribution in [0.5, 0.6) is 0 Å². The highest BCUT2D eigenvalue weighted by Crippen LogP contribution is 2.19. The molecule has 4 rings (SSSR count). The third-order valence-electron chi connectivity index (χ3n) is 4.47. The summed E-state index contributed by atoms with van der Waals surface area (Å²) in [6, 6.07) is 15.5. The van der Waals surface area contributed by atoms with Gasteiger partial charge in [0.15, 0.2) is 0 Å². The van der Waals surface area contributed by atoms with Crippen molar-refractivity contribution in [1.82, 2.24) is 14.8 Å². The molecule has 3 aromatic rings. The first kappa shape index (κ1) is 17.0. The molecule has 0 spiro atoms. The van der Waals surface area contributed by atoms with Crippen molar-refractivity contribution in [3.63, 3.8) is 0 Å². The van der Waals surface area contributed by atoms with Crippen molar-refractivity contribution in [2.75, 3.05) is 23.3 Å². The summed E-state index contributed by atoms with van der Waals surface area (Å²) in [5.74, 6) is 0.525. The number of aromatic nitrogens is 3. The Balaban J connectivity index is 1.52. The second-order valence-electron chi connectivity index (χ2n) is 6.36. The lowest BCUT2D eigenvalue weighted by atomic mass is 10.3. The Bertz CT molecular complexity index is 993. The second kappa shape index (κ2) is 7.41. The van der Waals surface area contributed by atoms with Crippen molar-refractivity contribution in [2.45, 2.75) is 12.8 Å². The molecule has 3 heterocycles. The maximum atomic E-state index is 12.5. The Morgan fingerprint density at radius 3 is 2.44 bits per heavy atom. The summed E-state index contributed by atoms with van der Waals surface area (Å²) >= 11 is 0. The lowest BCUT2D eigenvalue weighted by Gasteiger charge is -2.16. The Kier molecular flexibility index (Phi) is 4.65. The monoisotopic (exact) mass is 361 g/mol. The van der Waals surface area contributed by atoms with Crippen LogP contribution in [0.2, 0.25) is 0 Å². The van der Waals surface area contributed by atoms with Crippen LogP contribution < -0.4 is 15.8 Å². The predicted octanol–water partition coefficient (Wildman–Crippen LogP) is 2.48. The number of nitrogens with one attached hydrogen (secondary N) is 1. The van der Waals surface area contributed by atoms with E-state index >= 15 is 0 Å². The number of pyridine rings is 1. The van der Waals surface area contributed by atoms with Crippen molar-refractivity contribution in [3.8, 4) is 5.69 Å². The predicted molar refractivity (Wildman–Crippen MR) is 103 cm³/mol. The van der Waals surface area contributed by atoms with Crippen LogP contribution in [0.1, 0.15) is 23.3 Å². The molecule has 1 fully saturated rings. The van der Waals surface area contributed by atoms with Gasteiger partial charge in [-0.05, 0) is 43.2 Å². The van der Waals surface area contributed by atoms with Crippen LogP contribution in [0.3, 0.4) is 0 Å². The van der Waals surface area contributed by atoms with E-state index in [2.05, 4.69) is 20.3 Å². The van der Waals surface area contributed by atoms with Gasteiger partial charge in [0.2, 0.25) is 0 Å². The molecular weight excluding hydrogens is 342 g/mol. The van der Waals surface area contributed by atoms with Gasteiger partial charge in [-0.3, -0.25) is 9.59 Å². The van der Waals surface area contributed by atoms with Crippen molar-refractivity contribution < 1.29 is 4.79 Å². The molecule has 1 aliphatic heterocycles. The van der Waals surface area contributed by atoms with Crippen LogP contribution in [0.4, 0.5) is 11.5 Å². The molecule has 0 radical (unpaired) electrons. The van der Waals surface area contributed by atoms with Gasteiger partial charge in [-0.1, -0.05) is 18.2 Å². The lowest BCUT2D eigenvalue weighted by Crippen LogP contribution is -2.25. The lowest BCUT2D eigenvalue weighted by molar-refractivity contribution is 0.102. The smallest absolute Gasteiger partial charge is 0.276 e. The molecule has 0 unspecified atom stereocenters.